The first-order chi connectivity index (χ1) is 39.5. The minimum absolute atomic E-state index is 0.0681. The molecule has 1 saturated heterocycles. The Labute approximate surface area is 502 Å². The summed E-state index contributed by atoms with van der Waals surface area (Å²) in [5.74, 6) is 1.31. The van der Waals surface area contributed by atoms with Crippen LogP contribution >= 0.6 is 22.9 Å². The smallest absolute Gasteiger partial charge is 0.222 e. The van der Waals surface area contributed by atoms with E-state index < -0.39 is 17.0 Å². The first-order valence-electron chi connectivity index (χ1n) is 28.4. The highest BCUT2D eigenvalue weighted by atomic mass is 35.5. The molecule has 1 amide bonds. The van der Waals surface area contributed by atoms with Crippen molar-refractivity contribution in [3.63, 3.8) is 0 Å². The third-order valence-electron chi connectivity index (χ3n) is 12.9. The highest BCUT2D eigenvalue weighted by Gasteiger charge is 2.39. The molecule has 454 valence electrons. The van der Waals surface area contributed by atoms with Gasteiger partial charge in [-0.2, -0.15) is 5.10 Å². The number of fused-ring (bicyclic) bond motifs is 3. The number of methoxy groups -OCH3 is 3. The van der Waals surface area contributed by atoms with Gasteiger partial charge in [0, 0.05) is 92.3 Å². The summed E-state index contributed by atoms with van der Waals surface area (Å²) in [6.07, 6.45) is 16.1. The number of hydrazone groups is 1. The van der Waals surface area contributed by atoms with E-state index in [4.69, 9.17) is 35.5 Å². The van der Waals surface area contributed by atoms with Gasteiger partial charge in [-0.1, -0.05) is 88.7 Å². The van der Waals surface area contributed by atoms with E-state index in [1.165, 1.54) is 10.4 Å². The zero-order chi connectivity index (χ0) is 60.6. The molecule has 3 aliphatic rings. The lowest BCUT2D eigenvalue weighted by Crippen LogP contribution is -2.43. The molecular formula is C63H94ClN7O9S2. The molecule has 2 unspecified atom stereocenters. The molecule has 6 rings (SSSR count). The van der Waals surface area contributed by atoms with Gasteiger partial charge in [-0.3, -0.25) is 25.1 Å². The third-order valence-corrected chi connectivity index (χ3v) is 15.9. The number of aldehydes is 1. The van der Waals surface area contributed by atoms with Crippen molar-refractivity contribution in [3.8, 4) is 5.75 Å². The number of ether oxygens (including phenoxy) is 6. The van der Waals surface area contributed by atoms with Crippen LogP contribution in [0.1, 0.15) is 127 Å². The quantitative estimate of drug-likeness (QED) is 0.0186. The largest absolute Gasteiger partial charge is 0.496 e. The average Bonchev–Trinajstić information content (AvgIpc) is 4.03. The number of amides is 1. The molecule has 3 aromatic rings. The Bertz CT molecular complexity index is 2650. The summed E-state index contributed by atoms with van der Waals surface area (Å²) in [7, 11) is 5.19. The lowest BCUT2D eigenvalue weighted by Gasteiger charge is -2.31. The van der Waals surface area contributed by atoms with Crippen molar-refractivity contribution in [1.29, 1.82) is 0 Å². The monoisotopic (exact) mass is 1190 g/mol. The second kappa shape index (κ2) is 38.7. The number of nitrogens with one attached hydrogen (secondary N) is 2. The predicted molar refractivity (Wildman–Crippen MR) is 341 cm³/mol. The van der Waals surface area contributed by atoms with E-state index in [1.54, 1.807) is 39.7 Å². The van der Waals surface area contributed by atoms with Crippen LogP contribution in [0.15, 0.2) is 104 Å². The number of amidine groups is 1. The Morgan fingerprint density at radius 2 is 1.65 bits per heavy atom. The minimum Gasteiger partial charge on any atom is -0.496 e. The van der Waals surface area contributed by atoms with Crippen LogP contribution in [-0.4, -0.2) is 145 Å². The fourth-order valence-electron chi connectivity index (χ4n) is 8.73. The molecule has 19 heteroatoms. The number of piperidine rings is 1. The zero-order valence-electron chi connectivity index (χ0n) is 51.4. The first-order valence-corrected chi connectivity index (χ1v) is 30.7. The molecule has 3 aliphatic heterocycles. The highest BCUT2D eigenvalue weighted by molar-refractivity contribution is 7.82. The SMILES string of the molecule is C=CC\C(C=NC)=C(C)/C=C(\C=C/C)c1c(OC)cccc1S(=O)N1CCC(OCCOCCCCCOCCNC(=O)C[C@@H]2N=C(c3ccc(Cl)cc3)c3c(sc(C)c3C)N3C2=NNC3C)CC1.CC.CC(C)(C)C=O.COCOC. The maximum Gasteiger partial charge on any atom is 0.222 e. The van der Waals surface area contributed by atoms with Crippen molar-refractivity contribution in [1.82, 2.24) is 15.0 Å². The number of anilines is 1. The molecule has 1 aromatic heterocycles. The van der Waals surface area contributed by atoms with E-state index in [0.717, 1.165) is 93.2 Å². The van der Waals surface area contributed by atoms with Gasteiger partial charge in [0.25, 0.3) is 0 Å². The third kappa shape index (κ3) is 22.8. The van der Waals surface area contributed by atoms with Crippen LogP contribution in [0.3, 0.4) is 0 Å². The van der Waals surface area contributed by atoms with Crippen LogP contribution in [0.5, 0.6) is 5.75 Å². The molecule has 2 N–H and O–H groups in total. The van der Waals surface area contributed by atoms with Crippen LogP contribution in [0.4, 0.5) is 5.00 Å². The normalized spacial score (nSPS) is 17.1. The summed E-state index contributed by atoms with van der Waals surface area (Å²) < 4.78 is 48.9. The second-order valence-corrected chi connectivity index (χ2v) is 23.5. The zero-order valence-corrected chi connectivity index (χ0v) is 53.8. The summed E-state index contributed by atoms with van der Waals surface area (Å²) >= 11 is 7.98. The van der Waals surface area contributed by atoms with Crippen LogP contribution < -0.4 is 20.4 Å². The molecule has 0 saturated carbocycles. The fraction of sp³-hybridized carbons (Fsp3) is 0.540. The molecule has 0 aliphatic carbocycles. The van der Waals surface area contributed by atoms with Gasteiger partial charge in [-0.05, 0) is 120 Å². The number of nitrogens with zero attached hydrogens (tertiary/aromatic N) is 5. The van der Waals surface area contributed by atoms with Crippen LogP contribution in [-0.2, 0) is 44.3 Å². The van der Waals surface area contributed by atoms with Gasteiger partial charge in [-0.15, -0.1) is 17.9 Å². The van der Waals surface area contributed by atoms with Crippen molar-refractivity contribution in [2.24, 2.45) is 20.5 Å². The van der Waals surface area contributed by atoms with E-state index in [-0.39, 0.29) is 30.0 Å². The molecule has 2 aromatic carbocycles. The van der Waals surface area contributed by atoms with Crippen LogP contribution in [0.2, 0.25) is 5.02 Å². The van der Waals surface area contributed by atoms with E-state index in [9.17, 15) is 13.8 Å². The maximum atomic E-state index is 14.2. The molecule has 0 spiro atoms. The van der Waals surface area contributed by atoms with Crippen molar-refractivity contribution >= 4 is 74.5 Å². The average molecular weight is 1190 g/mol. The molecule has 3 atom stereocenters. The number of thiophene rings is 1. The Balaban J connectivity index is 0.00000122. The fourth-order valence-corrected chi connectivity index (χ4v) is 11.5. The Morgan fingerprint density at radius 3 is 2.23 bits per heavy atom. The Hall–Kier alpha value is -5.15. The molecule has 0 bridgehead atoms. The summed E-state index contributed by atoms with van der Waals surface area (Å²) in [4.78, 5) is 36.7. The van der Waals surface area contributed by atoms with Gasteiger partial charge >= 0.3 is 0 Å². The van der Waals surface area contributed by atoms with E-state index >= 15 is 0 Å². The van der Waals surface area contributed by atoms with E-state index in [0.29, 0.717) is 76.7 Å². The molecule has 1 fully saturated rings. The summed E-state index contributed by atoms with van der Waals surface area (Å²) in [6, 6.07) is 13.0. The predicted octanol–water partition coefficient (Wildman–Crippen LogP) is 12.3. The summed E-state index contributed by atoms with van der Waals surface area (Å²) in [6.45, 7) is 28.8. The number of benzene rings is 2. The molecular weight excluding hydrogens is 1100 g/mol. The van der Waals surface area contributed by atoms with Gasteiger partial charge < -0.3 is 38.5 Å². The number of aryl methyl sites for hydroxylation is 1. The lowest BCUT2D eigenvalue weighted by molar-refractivity contribution is -0.121. The second-order valence-electron chi connectivity index (χ2n) is 20.4. The summed E-state index contributed by atoms with van der Waals surface area (Å²) in [5.41, 5.74) is 11.0. The number of unbranched alkanes of at least 4 members (excludes halogenated alkanes) is 2. The number of hydrogen-bond acceptors (Lipinski definition) is 15. The van der Waals surface area contributed by atoms with Gasteiger partial charge in [-0.25, -0.2) is 8.51 Å². The van der Waals surface area contributed by atoms with Crippen molar-refractivity contribution < 1.29 is 42.2 Å². The van der Waals surface area contributed by atoms with Gasteiger partial charge in [0.2, 0.25) is 5.91 Å². The topological polar surface area (TPSA) is 174 Å². The Kier molecular flexibility index (Phi) is 33.5. The minimum atomic E-state index is -1.40. The molecule has 16 nitrogen and oxygen atoms in total. The van der Waals surface area contributed by atoms with E-state index in [1.807, 2.05) is 113 Å². The molecule has 4 heterocycles. The standard InChI is InChI=1S/C53H70ClN7O6S2.C5H10O.C3H8O2.C2H6/c1-9-15-41(33-36(3)42(16-10-2)35-55-7)50-46(64-8)17-14-18-47(50)69(63)60-26-23-44(24-27-60)67-32-31-66-29-13-11-12-28-65-30-25-56-48(62)34-45-52-59-58-39(6)61(52)53-49(37(4)38(5)68-53)51(57-45)40-19-21-43(54)22-20-40;1-5(2,3)4-6;1-4-3-5-2;1-2/h9-10,14-15,17-22,33,35,39,44-45,58H,2,11-13,16,23-32,34H2,1,3-8H3,(H,56,62);4H,1-3H3;3H2,1-2H3;1-2H3/b15-9-,41-33+,42-36+,55-35?;;;/t39?,45-,69?;;;/m0.../s1. The van der Waals surface area contributed by atoms with Crippen LogP contribution in [0, 0.1) is 19.3 Å². The van der Waals surface area contributed by atoms with Crippen LogP contribution in [0.25, 0.3) is 5.57 Å². The van der Waals surface area contributed by atoms with Crippen molar-refractivity contribution in [3.05, 3.63) is 117 Å². The lowest BCUT2D eigenvalue weighted by atomic mass is 9.98. The van der Waals surface area contributed by atoms with Gasteiger partial charge in [0.15, 0.2) is 5.84 Å². The van der Waals surface area contributed by atoms with E-state index in [2.05, 4.69) is 75.6 Å². The summed E-state index contributed by atoms with van der Waals surface area (Å²) in [5, 5.41) is 9.44. The van der Waals surface area contributed by atoms with Crippen molar-refractivity contribution in [2.45, 2.75) is 137 Å². The molecule has 0 radical (unpaired) electrons. The maximum absolute atomic E-state index is 14.2. The molecule has 82 heavy (non-hydrogen) atoms. The Morgan fingerprint density at radius 1 is 0.988 bits per heavy atom. The van der Waals surface area contributed by atoms with Crippen molar-refractivity contribution in [2.75, 3.05) is 92.7 Å². The first kappa shape index (κ1) is 71.1. The highest BCUT2D eigenvalue weighted by Crippen LogP contribution is 2.42. The number of allylic oxidation sites excluding steroid dienone is 7. The number of hydrogen-bond donors (Lipinski definition) is 2. The number of rotatable bonds is 27. The number of carbonyl (C=O) groups excluding carboxylic acids is 2. The number of halogens is 1. The number of carbonyl (C=O) groups is 2. The van der Waals surface area contributed by atoms with Gasteiger partial charge in [0.1, 0.15) is 47.0 Å². The van der Waals surface area contributed by atoms with Gasteiger partial charge in [0.05, 0.1) is 50.1 Å². The number of aliphatic imine (C=N–C) groups is 2.